The molecule has 6 aromatic carbocycles. The van der Waals surface area contributed by atoms with Crippen molar-refractivity contribution in [2.45, 2.75) is 51.4 Å². The Kier molecular flexibility index (Phi) is 5.87. The van der Waals surface area contributed by atoms with Crippen LogP contribution in [0.5, 0.6) is 0 Å². The molecule has 0 bridgehead atoms. The van der Waals surface area contributed by atoms with Gasteiger partial charge in [-0.25, -0.2) is 0 Å². The van der Waals surface area contributed by atoms with Gasteiger partial charge in [-0.2, -0.15) is 0 Å². The number of rotatable bonds is 3. The molecule has 1 spiro atoms. The first kappa shape index (κ1) is 28.6. The maximum atomic E-state index is 2.54. The number of para-hydroxylation sites is 1. The fourth-order valence-electron chi connectivity index (χ4n) is 9.90. The second-order valence-electron chi connectivity index (χ2n) is 14.9. The zero-order valence-electron chi connectivity index (χ0n) is 28.6. The summed E-state index contributed by atoms with van der Waals surface area (Å²) in [6.45, 7) is 9.26. The number of allylic oxidation sites excluding steroid dienone is 4. The molecule has 4 aliphatic rings. The Morgan fingerprint density at radius 2 is 1.04 bits per heavy atom. The molecule has 1 nitrogen and oxygen atoms in total. The first-order chi connectivity index (χ1) is 23.9. The standard InChI is InChI=1S/C48H39N/c1-30-14-13-15-31(2)46(30)49(32-24-26-38-34-16-5-9-20-40(34)47(3,4)44(38)28-32)33-25-27-39-37-19-8-12-23-43(37)48(45(39)29-33)41-21-10-6-17-35(41)36-18-7-11-22-42(36)48/h5-6,8-17,19-29H,7,18H2,1-4H3. The first-order valence-electron chi connectivity index (χ1n) is 17.8. The average molecular weight is 630 g/mol. The van der Waals surface area contributed by atoms with E-state index in [-0.39, 0.29) is 10.8 Å². The minimum atomic E-state index is -0.335. The fraction of sp³-hybridized carbons (Fsp3) is 0.167. The van der Waals surface area contributed by atoms with Gasteiger partial charge in [0.05, 0.1) is 11.1 Å². The van der Waals surface area contributed by atoms with Crippen LogP contribution in [0.1, 0.15) is 71.2 Å². The van der Waals surface area contributed by atoms with Crippen LogP contribution in [-0.4, -0.2) is 0 Å². The third-order valence-corrected chi connectivity index (χ3v) is 12.0. The van der Waals surface area contributed by atoms with Crippen molar-refractivity contribution in [1.29, 1.82) is 0 Å². The third-order valence-electron chi connectivity index (χ3n) is 12.0. The largest absolute Gasteiger partial charge is 0.310 e. The average Bonchev–Trinajstić information content (AvgIpc) is 3.68. The van der Waals surface area contributed by atoms with Gasteiger partial charge < -0.3 is 4.90 Å². The summed E-state index contributed by atoms with van der Waals surface area (Å²) in [5, 5.41) is 0. The summed E-state index contributed by atoms with van der Waals surface area (Å²) in [6.07, 6.45) is 7.02. The number of hydrogen-bond acceptors (Lipinski definition) is 1. The van der Waals surface area contributed by atoms with E-state index in [0.717, 1.165) is 12.8 Å². The molecule has 0 aliphatic heterocycles. The van der Waals surface area contributed by atoms with Crippen LogP contribution in [0.3, 0.4) is 0 Å². The van der Waals surface area contributed by atoms with Crippen molar-refractivity contribution < 1.29 is 0 Å². The molecule has 1 atom stereocenters. The number of aryl methyl sites for hydroxylation is 2. The lowest BCUT2D eigenvalue weighted by molar-refractivity contribution is 0.660. The second-order valence-corrected chi connectivity index (χ2v) is 14.9. The van der Waals surface area contributed by atoms with Gasteiger partial charge in [0.2, 0.25) is 0 Å². The normalized spacial score (nSPS) is 18.5. The van der Waals surface area contributed by atoms with E-state index in [1.54, 1.807) is 0 Å². The van der Waals surface area contributed by atoms with Crippen molar-refractivity contribution in [3.8, 4) is 22.3 Å². The maximum Gasteiger partial charge on any atom is 0.0722 e. The number of nitrogens with zero attached hydrogens (tertiary/aromatic N) is 1. The van der Waals surface area contributed by atoms with Gasteiger partial charge in [-0.15, -0.1) is 0 Å². The molecule has 4 aliphatic carbocycles. The fourth-order valence-corrected chi connectivity index (χ4v) is 9.90. The van der Waals surface area contributed by atoms with E-state index in [2.05, 4.69) is 172 Å². The highest BCUT2D eigenvalue weighted by molar-refractivity contribution is 5.97. The molecule has 236 valence electrons. The molecule has 0 saturated carbocycles. The number of anilines is 3. The number of benzene rings is 6. The zero-order valence-corrected chi connectivity index (χ0v) is 28.6. The number of fused-ring (bicyclic) bond motifs is 12. The lowest BCUT2D eigenvalue weighted by atomic mass is 9.69. The number of hydrogen-bond donors (Lipinski definition) is 0. The molecule has 0 amide bonds. The SMILES string of the molecule is Cc1cccc(C)c1N(c1ccc2c(c1)C(C)(C)c1ccccc1-2)c1ccc2c(c1)C1(C3=C(CCC=C3)c3ccccc31)c1ccccc1-2. The van der Waals surface area contributed by atoms with Gasteiger partial charge in [-0.3, -0.25) is 0 Å². The summed E-state index contributed by atoms with van der Waals surface area (Å²) < 4.78 is 0. The van der Waals surface area contributed by atoms with E-state index in [9.17, 15) is 0 Å². The molecule has 0 saturated heterocycles. The van der Waals surface area contributed by atoms with Crippen molar-refractivity contribution in [3.05, 3.63) is 190 Å². The zero-order chi connectivity index (χ0) is 33.1. The van der Waals surface area contributed by atoms with E-state index in [0.29, 0.717) is 0 Å². The van der Waals surface area contributed by atoms with Crippen LogP contribution in [0.15, 0.2) is 145 Å². The Balaban J connectivity index is 1.25. The van der Waals surface area contributed by atoms with E-state index < -0.39 is 0 Å². The van der Waals surface area contributed by atoms with Gasteiger partial charge >= 0.3 is 0 Å². The van der Waals surface area contributed by atoms with E-state index in [4.69, 9.17) is 0 Å². The lowest BCUT2D eigenvalue weighted by Gasteiger charge is -2.34. The molecule has 0 radical (unpaired) electrons. The van der Waals surface area contributed by atoms with Crippen molar-refractivity contribution in [3.63, 3.8) is 0 Å². The van der Waals surface area contributed by atoms with Crippen molar-refractivity contribution in [2.24, 2.45) is 0 Å². The summed E-state index contributed by atoms with van der Waals surface area (Å²) >= 11 is 0. The van der Waals surface area contributed by atoms with Gasteiger partial charge in [0.15, 0.2) is 0 Å². The molecule has 0 heterocycles. The Morgan fingerprint density at radius 3 is 1.73 bits per heavy atom. The Labute approximate surface area is 289 Å². The molecular formula is C48H39N. The third kappa shape index (κ3) is 3.66. The topological polar surface area (TPSA) is 3.24 Å². The summed E-state index contributed by atoms with van der Waals surface area (Å²) in [4.78, 5) is 2.54. The predicted octanol–water partition coefficient (Wildman–Crippen LogP) is 12.5. The molecule has 1 unspecified atom stereocenters. The highest BCUT2D eigenvalue weighted by Gasteiger charge is 2.52. The van der Waals surface area contributed by atoms with Gasteiger partial charge in [-0.05, 0) is 129 Å². The van der Waals surface area contributed by atoms with Gasteiger partial charge in [0.25, 0.3) is 0 Å². The Hall–Kier alpha value is -5.40. The molecule has 0 aromatic heterocycles. The summed E-state index contributed by atoms with van der Waals surface area (Å²) in [5.74, 6) is 0. The quantitative estimate of drug-likeness (QED) is 0.188. The van der Waals surface area contributed by atoms with E-state index >= 15 is 0 Å². The second kappa shape index (κ2) is 10.1. The molecule has 0 fully saturated rings. The smallest absolute Gasteiger partial charge is 0.0722 e. The molecule has 0 N–H and O–H groups in total. The summed E-state index contributed by atoms with van der Waals surface area (Å²) in [7, 11) is 0. The van der Waals surface area contributed by atoms with Gasteiger partial charge in [0.1, 0.15) is 0 Å². The Morgan fingerprint density at radius 1 is 0.510 bits per heavy atom. The lowest BCUT2D eigenvalue weighted by Crippen LogP contribution is -2.27. The van der Waals surface area contributed by atoms with Crippen LogP contribution in [0.2, 0.25) is 0 Å². The van der Waals surface area contributed by atoms with Crippen LogP contribution in [0.4, 0.5) is 17.1 Å². The highest BCUT2D eigenvalue weighted by atomic mass is 15.1. The molecular weight excluding hydrogens is 591 g/mol. The van der Waals surface area contributed by atoms with Crippen LogP contribution in [0, 0.1) is 13.8 Å². The highest BCUT2D eigenvalue weighted by Crippen LogP contribution is 2.64. The van der Waals surface area contributed by atoms with Crippen molar-refractivity contribution >= 4 is 22.6 Å². The van der Waals surface area contributed by atoms with Crippen molar-refractivity contribution in [2.75, 3.05) is 4.90 Å². The van der Waals surface area contributed by atoms with E-state index in [1.165, 1.54) is 95.0 Å². The van der Waals surface area contributed by atoms with Crippen LogP contribution in [-0.2, 0) is 10.8 Å². The Bertz CT molecular complexity index is 2430. The van der Waals surface area contributed by atoms with Crippen LogP contribution < -0.4 is 4.90 Å². The van der Waals surface area contributed by atoms with E-state index in [1.807, 2.05) is 0 Å². The monoisotopic (exact) mass is 629 g/mol. The minimum absolute atomic E-state index is 0.0816. The molecule has 6 aromatic rings. The predicted molar refractivity (Wildman–Crippen MR) is 205 cm³/mol. The van der Waals surface area contributed by atoms with Gasteiger partial charge in [0, 0.05) is 16.8 Å². The molecule has 10 rings (SSSR count). The molecule has 49 heavy (non-hydrogen) atoms. The summed E-state index contributed by atoms with van der Waals surface area (Å²) in [5.41, 5.74) is 22.6. The van der Waals surface area contributed by atoms with Crippen LogP contribution >= 0.6 is 0 Å². The molecule has 1 heteroatoms. The summed E-state index contributed by atoms with van der Waals surface area (Å²) in [6, 6.07) is 48.4. The minimum Gasteiger partial charge on any atom is -0.310 e. The van der Waals surface area contributed by atoms with Crippen molar-refractivity contribution in [1.82, 2.24) is 0 Å². The van der Waals surface area contributed by atoms with Crippen LogP contribution in [0.25, 0.3) is 27.8 Å². The maximum absolute atomic E-state index is 2.54. The first-order valence-corrected chi connectivity index (χ1v) is 17.8. The van der Waals surface area contributed by atoms with Gasteiger partial charge in [-0.1, -0.05) is 129 Å².